The number of morpholine rings is 1. The van der Waals surface area contributed by atoms with Crippen molar-refractivity contribution in [3.8, 4) is 0 Å². The van der Waals surface area contributed by atoms with E-state index in [0.717, 1.165) is 19.7 Å². The molecule has 1 aromatic rings. The van der Waals surface area contributed by atoms with Crippen LogP contribution in [0.5, 0.6) is 0 Å². The van der Waals surface area contributed by atoms with E-state index in [1.165, 1.54) is 36.8 Å². The average Bonchev–Trinajstić information content (AvgIpc) is 3.04. The molecule has 134 valence electrons. The molecule has 5 heteroatoms. The molecular weight excluding hydrogens is 324 g/mol. The highest BCUT2D eigenvalue weighted by Crippen LogP contribution is 2.40. The van der Waals surface area contributed by atoms with Crippen LogP contribution in [0.1, 0.15) is 43.2 Å². The van der Waals surface area contributed by atoms with Gasteiger partial charge in [-0.25, -0.2) is 0 Å². The van der Waals surface area contributed by atoms with Crippen LogP contribution in [-0.4, -0.2) is 38.3 Å². The lowest BCUT2D eigenvalue weighted by atomic mass is 9.78. The van der Waals surface area contributed by atoms with Crippen LogP contribution >= 0.6 is 12.4 Å². The van der Waals surface area contributed by atoms with Gasteiger partial charge < -0.3 is 15.4 Å². The number of ether oxygens (including phenoxy) is 1. The van der Waals surface area contributed by atoms with E-state index in [1.54, 1.807) is 0 Å². The Hall–Kier alpha value is -1.10. The van der Waals surface area contributed by atoms with E-state index in [1.807, 2.05) is 0 Å². The molecule has 2 fully saturated rings. The number of carbonyl (C=O) groups is 1. The summed E-state index contributed by atoms with van der Waals surface area (Å²) in [4.78, 5) is 12.3. The van der Waals surface area contributed by atoms with Crippen molar-refractivity contribution in [2.45, 2.75) is 50.5 Å². The van der Waals surface area contributed by atoms with E-state index in [-0.39, 0.29) is 29.8 Å². The lowest BCUT2D eigenvalue weighted by Crippen LogP contribution is -2.46. The Morgan fingerprint density at radius 3 is 2.83 bits per heavy atom. The molecule has 4 nitrogen and oxygen atoms in total. The fraction of sp³-hybridized carbons (Fsp3) is 0.632. The summed E-state index contributed by atoms with van der Waals surface area (Å²) in [5, 5.41) is 6.54. The summed E-state index contributed by atoms with van der Waals surface area (Å²) < 4.78 is 5.42. The summed E-state index contributed by atoms with van der Waals surface area (Å²) >= 11 is 0. The SMILES string of the molecule is Cc1cccc(C2(CNC(=O)CC3COCCN3)CCCC2)c1.Cl. The number of halogens is 1. The van der Waals surface area contributed by atoms with E-state index in [9.17, 15) is 4.79 Å². The van der Waals surface area contributed by atoms with Gasteiger partial charge >= 0.3 is 0 Å². The highest BCUT2D eigenvalue weighted by molar-refractivity contribution is 5.85. The molecule has 1 atom stereocenters. The standard InChI is InChI=1S/C19H28N2O2.ClH/c1-15-5-4-6-16(11-15)19(7-2-3-8-19)14-21-18(22)12-17-13-23-10-9-20-17;/h4-6,11,17,20H,2-3,7-10,12-14H2,1H3,(H,21,22);1H. The molecule has 0 aromatic heterocycles. The predicted octanol–water partition coefficient (Wildman–Crippen LogP) is 2.72. The van der Waals surface area contributed by atoms with Crippen LogP contribution in [0.2, 0.25) is 0 Å². The van der Waals surface area contributed by atoms with Crippen molar-refractivity contribution in [1.82, 2.24) is 10.6 Å². The summed E-state index contributed by atoms with van der Waals surface area (Å²) in [6, 6.07) is 8.94. The van der Waals surface area contributed by atoms with Gasteiger partial charge in [-0.1, -0.05) is 42.7 Å². The topological polar surface area (TPSA) is 50.4 Å². The number of carbonyl (C=O) groups excluding carboxylic acids is 1. The molecule has 1 saturated carbocycles. The Kier molecular flexibility index (Phi) is 7.08. The van der Waals surface area contributed by atoms with Crippen molar-refractivity contribution in [2.75, 3.05) is 26.3 Å². The number of amides is 1. The summed E-state index contributed by atoms with van der Waals surface area (Å²) in [7, 11) is 0. The first-order valence-electron chi connectivity index (χ1n) is 8.83. The number of hydrogen-bond acceptors (Lipinski definition) is 3. The molecule has 1 amide bonds. The van der Waals surface area contributed by atoms with E-state index in [0.29, 0.717) is 13.0 Å². The van der Waals surface area contributed by atoms with Crippen molar-refractivity contribution >= 4 is 18.3 Å². The second-order valence-corrected chi connectivity index (χ2v) is 7.06. The van der Waals surface area contributed by atoms with Gasteiger partial charge in [0.15, 0.2) is 0 Å². The Morgan fingerprint density at radius 1 is 1.38 bits per heavy atom. The van der Waals surface area contributed by atoms with Crippen LogP contribution in [0.15, 0.2) is 24.3 Å². The van der Waals surface area contributed by atoms with Crippen molar-refractivity contribution in [3.63, 3.8) is 0 Å². The largest absolute Gasteiger partial charge is 0.378 e. The summed E-state index contributed by atoms with van der Waals surface area (Å²) in [5.41, 5.74) is 2.80. The number of hydrogen-bond donors (Lipinski definition) is 2. The zero-order valence-corrected chi connectivity index (χ0v) is 15.3. The molecular formula is C19H29ClN2O2. The first-order valence-corrected chi connectivity index (χ1v) is 8.83. The first kappa shape index (κ1) is 19.2. The molecule has 1 heterocycles. The van der Waals surface area contributed by atoms with Crippen LogP contribution in [-0.2, 0) is 14.9 Å². The first-order chi connectivity index (χ1) is 11.2. The molecule has 3 rings (SSSR count). The zero-order chi connectivity index (χ0) is 16.1. The Morgan fingerprint density at radius 2 is 2.17 bits per heavy atom. The van der Waals surface area contributed by atoms with E-state index in [2.05, 4.69) is 41.8 Å². The molecule has 1 saturated heterocycles. The summed E-state index contributed by atoms with van der Waals surface area (Å²) in [6.45, 7) is 5.11. The fourth-order valence-corrected chi connectivity index (χ4v) is 3.91. The van der Waals surface area contributed by atoms with Gasteiger partial charge in [0, 0.05) is 31.0 Å². The number of aryl methyl sites for hydroxylation is 1. The van der Waals surface area contributed by atoms with Crippen LogP contribution in [0.25, 0.3) is 0 Å². The Balaban J connectivity index is 0.00000208. The van der Waals surface area contributed by atoms with Gasteiger partial charge in [-0.05, 0) is 25.3 Å². The second kappa shape index (κ2) is 8.84. The maximum atomic E-state index is 12.3. The van der Waals surface area contributed by atoms with Crippen LogP contribution < -0.4 is 10.6 Å². The van der Waals surface area contributed by atoms with Gasteiger partial charge in [-0.15, -0.1) is 12.4 Å². The van der Waals surface area contributed by atoms with Gasteiger partial charge in [0.05, 0.1) is 13.2 Å². The normalized spacial score (nSPS) is 22.6. The number of rotatable bonds is 5. The minimum atomic E-state index is 0. The molecule has 1 aromatic carbocycles. The van der Waals surface area contributed by atoms with Gasteiger partial charge in [-0.2, -0.15) is 0 Å². The van der Waals surface area contributed by atoms with Crippen LogP contribution in [0, 0.1) is 6.92 Å². The zero-order valence-electron chi connectivity index (χ0n) is 14.5. The van der Waals surface area contributed by atoms with Crippen molar-refractivity contribution in [1.29, 1.82) is 0 Å². The third-order valence-corrected chi connectivity index (χ3v) is 5.25. The molecule has 2 aliphatic rings. The van der Waals surface area contributed by atoms with Gasteiger partial charge in [0.25, 0.3) is 0 Å². The van der Waals surface area contributed by atoms with Gasteiger partial charge in [0.2, 0.25) is 5.91 Å². The van der Waals surface area contributed by atoms with E-state index in [4.69, 9.17) is 4.74 Å². The third kappa shape index (κ3) is 4.71. The van der Waals surface area contributed by atoms with Gasteiger partial charge in [-0.3, -0.25) is 4.79 Å². The second-order valence-electron chi connectivity index (χ2n) is 7.06. The molecule has 0 spiro atoms. The minimum Gasteiger partial charge on any atom is -0.378 e. The molecule has 1 aliphatic heterocycles. The number of nitrogens with one attached hydrogen (secondary N) is 2. The monoisotopic (exact) mass is 352 g/mol. The Labute approximate surface area is 151 Å². The lowest BCUT2D eigenvalue weighted by molar-refractivity contribution is -0.122. The van der Waals surface area contributed by atoms with Crippen molar-refractivity contribution in [2.24, 2.45) is 0 Å². The van der Waals surface area contributed by atoms with E-state index >= 15 is 0 Å². The van der Waals surface area contributed by atoms with Crippen molar-refractivity contribution < 1.29 is 9.53 Å². The molecule has 24 heavy (non-hydrogen) atoms. The number of benzene rings is 1. The Bertz CT molecular complexity index is 538. The average molecular weight is 353 g/mol. The highest BCUT2D eigenvalue weighted by Gasteiger charge is 2.36. The quantitative estimate of drug-likeness (QED) is 0.856. The minimum absolute atomic E-state index is 0. The molecule has 1 aliphatic carbocycles. The molecule has 0 bridgehead atoms. The predicted molar refractivity (Wildman–Crippen MR) is 98.8 cm³/mol. The maximum Gasteiger partial charge on any atom is 0.221 e. The maximum absolute atomic E-state index is 12.3. The summed E-state index contributed by atoms with van der Waals surface area (Å²) in [6.07, 6.45) is 5.34. The fourth-order valence-electron chi connectivity index (χ4n) is 3.91. The summed E-state index contributed by atoms with van der Waals surface area (Å²) in [5.74, 6) is 0.131. The van der Waals surface area contributed by atoms with Crippen LogP contribution in [0.4, 0.5) is 0 Å². The molecule has 2 N–H and O–H groups in total. The van der Waals surface area contributed by atoms with E-state index < -0.39 is 0 Å². The van der Waals surface area contributed by atoms with Crippen molar-refractivity contribution in [3.05, 3.63) is 35.4 Å². The molecule has 1 unspecified atom stereocenters. The van der Waals surface area contributed by atoms with Crippen LogP contribution in [0.3, 0.4) is 0 Å². The molecule has 0 radical (unpaired) electrons. The lowest BCUT2D eigenvalue weighted by Gasteiger charge is -2.31. The highest BCUT2D eigenvalue weighted by atomic mass is 35.5. The third-order valence-electron chi connectivity index (χ3n) is 5.25. The van der Waals surface area contributed by atoms with Gasteiger partial charge in [0.1, 0.15) is 0 Å². The smallest absolute Gasteiger partial charge is 0.221 e.